The molecule has 4 nitrogen and oxygen atoms in total. The molecular weight excluding hydrogens is 623 g/mol. The molecule has 8 rings (SSSR count). The van der Waals surface area contributed by atoms with E-state index in [0.717, 1.165) is 45.0 Å². The van der Waals surface area contributed by atoms with Gasteiger partial charge in [0, 0.05) is 17.0 Å². The summed E-state index contributed by atoms with van der Waals surface area (Å²) in [6.07, 6.45) is 2.36. The van der Waals surface area contributed by atoms with Gasteiger partial charge in [0.1, 0.15) is 11.2 Å². The maximum absolute atomic E-state index is 6.82. The fraction of sp³-hybridized carbons (Fsp3) is 0.0638. The second kappa shape index (κ2) is 18.4. The lowest BCUT2D eigenvalue weighted by atomic mass is 9.95. The first-order valence-corrected chi connectivity index (χ1v) is 16.9. The van der Waals surface area contributed by atoms with Gasteiger partial charge in [-0.2, -0.15) is 0 Å². The molecule has 4 heteroatoms. The number of nitrogens with two attached hydrogens (primary N) is 1. The molecule has 0 aliphatic rings. The van der Waals surface area contributed by atoms with Crippen LogP contribution >= 0.6 is 0 Å². The molecule has 51 heavy (non-hydrogen) atoms. The van der Waals surface area contributed by atoms with E-state index in [1.54, 1.807) is 0 Å². The minimum absolute atomic E-state index is 0.203. The predicted octanol–water partition coefficient (Wildman–Crippen LogP) is 11.8. The SMILES string of the molecule is C=N.Cc1cccc(Cc2ccccc2)c1.N=Cc1ccccc1.NC(c1cccc(-c2ccccc2)c1)c1ccc2c(c1)oc1ccccc12. The number of aryl methyl sites for hydroxylation is 1. The van der Waals surface area contributed by atoms with Crippen molar-refractivity contribution in [2.45, 2.75) is 19.4 Å². The molecule has 0 aliphatic heterocycles. The van der Waals surface area contributed by atoms with Gasteiger partial charge >= 0.3 is 0 Å². The van der Waals surface area contributed by atoms with Gasteiger partial charge in [-0.15, -0.1) is 0 Å². The highest BCUT2D eigenvalue weighted by molar-refractivity contribution is 6.04. The zero-order valence-electron chi connectivity index (χ0n) is 28.9. The highest BCUT2D eigenvalue weighted by Crippen LogP contribution is 2.32. The molecule has 252 valence electrons. The molecule has 0 fully saturated rings. The summed E-state index contributed by atoms with van der Waals surface area (Å²) in [7, 11) is 0. The van der Waals surface area contributed by atoms with Gasteiger partial charge in [-0.25, -0.2) is 0 Å². The van der Waals surface area contributed by atoms with Gasteiger partial charge in [0.2, 0.25) is 0 Å². The molecular formula is C47H43N3O. The molecule has 0 bridgehead atoms. The maximum Gasteiger partial charge on any atom is 0.135 e. The van der Waals surface area contributed by atoms with Crippen LogP contribution in [-0.4, -0.2) is 12.9 Å². The van der Waals surface area contributed by atoms with Crippen molar-refractivity contribution in [1.82, 2.24) is 0 Å². The summed E-state index contributed by atoms with van der Waals surface area (Å²) < 4.78 is 6.02. The first-order chi connectivity index (χ1) is 25.1. The standard InChI is InChI=1S/C25H19NO.C14H14.C7H7N.CH3N/c26-25(19-10-6-9-18(15-19)17-7-2-1-3-8-17)20-13-14-22-21-11-4-5-12-23(21)27-24(22)16-20;1-12-6-5-9-14(10-12)11-13-7-3-2-4-8-13;8-6-7-4-2-1-3-5-7;1-2/h1-16,25H,26H2;2-10H,11H2,1H3;1-6,8H;2H,1H2. The van der Waals surface area contributed by atoms with E-state index in [9.17, 15) is 0 Å². The molecule has 1 atom stereocenters. The monoisotopic (exact) mass is 665 g/mol. The van der Waals surface area contributed by atoms with Gasteiger partial charge in [0.25, 0.3) is 0 Å². The molecule has 0 saturated heterocycles. The first kappa shape index (κ1) is 35.9. The zero-order chi connectivity index (χ0) is 35.8. The van der Waals surface area contributed by atoms with Crippen molar-refractivity contribution in [3.05, 3.63) is 215 Å². The molecule has 0 saturated carbocycles. The summed E-state index contributed by atoms with van der Waals surface area (Å²) in [5, 5.41) is 14.6. The number of rotatable bonds is 6. The minimum Gasteiger partial charge on any atom is -0.456 e. The van der Waals surface area contributed by atoms with Crippen molar-refractivity contribution in [2.24, 2.45) is 5.73 Å². The Kier molecular flexibility index (Phi) is 13.0. The topological polar surface area (TPSA) is 86.9 Å². The highest BCUT2D eigenvalue weighted by atomic mass is 16.3. The van der Waals surface area contributed by atoms with Crippen molar-refractivity contribution < 1.29 is 4.42 Å². The molecule has 4 N–H and O–H groups in total. The number of para-hydroxylation sites is 1. The third kappa shape index (κ3) is 9.85. The Hall–Kier alpha value is -6.36. The lowest BCUT2D eigenvalue weighted by molar-refractivity contribution is 0.667. The number of furan rings is 1. The van der Waals surface area contributed by atoms with Crippen LogP contribution in [0.3, 0.4) is 0 Å². The Morgan fingerprint density at radius 2 is 1.12 bits per heavy atom. The van der Waals surface area contributed by atoms with Crippen molar-refractivity contribution in [3.63, 3.8) is 0 Å². The van der Waals surface area contributed by atoms with E-state index in [4.69, 9.17) is 21.0 Å². The Morgan fingerprint density at radius 1 is 0.549 bits per heavy atom. The van der Waals surface area contributed by atoms with E-state index in [1.165, 1.54) is 34.0 Å². The summed E-state index contributed by atoms with van der Waals surface area (Å²) in [6.45, 7) is 4.63. The number of hydrogen-bond donors (Lipinski definition) is 3. The third-order valence-electron chi connectivity index (χ3n) is 8.41. The number of hydrogen-bond acceptors (Lipinski definition) is 4. The van der Waals surface area contributed by atoms with E-state index in [1.807, 2.05) is 54.6 Å². The zero-order valence-corrected chi connectivity index (χ0v) is 28.9. The quantitative estimate of drug-likeness (QED) is 0.154. The fourth-order valence-corrected chi connectivity index (χ4v) is 5.87. The minimum atomic E-state index is -0.203. The van der Waals surface area contributed by atoms with Crippen LogP contribution in [0.15, 0.2) is 186 Å². The molecule has 1 unspecified atom stereocenters. The van der Waals surface area contributed by atoms with Crippen molar-refractivity contribution >= 4 is 34.9 Å². The molecule has 0 amide bonds. The molecule has 0 aliphatic carbocycles. The average Bonchev–Trinajstić information content (AvgIpc) is 3.58. The Balaban J connectivity index is 0.000000174. The predicted molar refractivity (Wildman–Crippen MR) is 216 cm³/mol. The molecule has 1 heterocycles. The van der Waals surface area contributed by atoms with Gasteiger partial charge in [-0.3, -0.25) is 0 Å². The summed E-state index contributed by atoms with van der Waals surface area (Å²) in [4.78, 5) is 0. The maximum atomic E-state index is 6.82. The van der Waals surface area contributed by atoms with E-state index < -0.39 is 0 Å². The second-order valence-electron chi connectivity index (χ2n) is 12.0. The average molecular weight is 666 g/mol. The lowest BCUT2D eigenvalue weighted by Crippen LogP contribution is -2.11. The van der Waals surface area contributed by atoms with Crippen LogP contribution in [0.5, 0.6) is 0 Å². The molecule has 7 aromatic carbocycles. The number of fused-ring (bicyclic) bond motifs is 3. The Bertz CT molecular complexity index is 2260. The van der Waals surface area contributed by atoms with E-state index in [0.29, 0.717) is 0 Å². The Labute approximate surface area is 300 Å². The van der Waals surface area contributed by atoms with Crippen molar-refractivity contribution in [1.29, 1.82) is 10.8 Å². The molecule has 1 aromatic heterocycles. The smallest absolute Gasteiger partial charge is 0.135 e. The molecule has 8 aromatic rings. The molecule has 0 spiro atoms. The van der Waals surface area contributed by atoms with E-state index in [2.05, 4.69) is 141 Å². The van der Waals surface area contributed by atoms with Crippen LogP contribution < -0.4 is 5.73 Å². The van der Waals surface area contributed by atoms with Crippen LogP contribution in [-0.2, 0) is 6.42 Å². The summed E-state index contributed by atoms with van der Waals surface area (Å²) in [6, 6.07) is 61.8. The number of benzene rings is 7. The van der Waals surface area contributed by atoms with E-state index >= 15 is 0 Å². The van der Waals surface area contributed by atoms with Gasteiger partial charge in [-0.1, -0.05) is 169 Å². The summed E-state index contributed by atoms with van der Waals surface area (Å²) >= 11 is 0. The normalized spacial score (nSPS) is 10.8. The van der Waals surface area contributed by atoms with Crippen LogP contribution in [0.4, 0.5) is 0 Å². The second-order valence-corrected chi connectivity index (χ2v) is 12.0. The fourth-order valence-electron chi connectivity index (χ4n) is 5.87. The van der Waals surface area contributed by atoms with Crippen LogP contribution in [0.1, 0.15) is 39.4 Å². The third-order valence-corrected chi connectivity index (χ3v) is 8.41. The first-order valence-electron chi connectivity index (χ1n) is 16.9. The van der Waals surface area contributed by atoms with Crippen LogP contribution in [0.2, 0.25) is 0 Å². The summed E-state index contributed by atoms with van der Waals surface area (Å²) in [5.41, 5.74) is 17.9. The largest absolute Gasteiger partial charge is 0.456 e. The molecule has 0 radical (unpaired) electrons. The Morgan fingerprint density at radius 3 is 1.80 bits per heavy atom. The lowest BCUT2D eigenvalue weighted by Gasteiger charge is -2.14. The van der Waals surface area contributed by atoms with Crippen LogP contribution in [0, 0.1) is 17.7 Å². The van der Waals surface area contributed by atoms with Gasteiger partial charge in [0.05, 0.1) is 6.04 Å². The van der Waals surface area contributed by atoms with Gasteiger partial charge < -0.3 is 21.0 Å². The summed E-state index contributed by atoms with van der Waals surface area (Å²) in [5.74, 6) is 0. The van der Waals surface area contributed by atoms with E-state index in [-0.39, 0.29) is 6.04 Å². The van der Waals surface area contributed by atoms with Crippen molar-refractivity contribution in [3.8, 4) is 11.1 Å². The van der Waals surface area contributed by atoms with Gasteiger partial charge in [0.15, 0.2) is 0 Å². The number of nitrogens with one attached hydrogen (secondary N) is 2. The highest BCUT2D eigenvalue weighted by Gasteiger charge is 2.13. The van der Waals surface area contributed by atoms with Crippen molar-refractivity contribution in [2.75, 3.05) is 0 Å². The van der Waals surface area contributed by atoms with Gasteiger partial charge in [-0.05, 0) is 77.2 Å². The van der Waals surface area contributed by atoms with Crippen LogP contribution in [0.25, 0.3) is 33.1 Å².